The molecule has 1 aromatic carbocycles. The third-order valence-electron chi connectivity index (χ3n) is 3.73. The molecule has 21 heavy (non-hydrogen) atoms. The van der Waals surface area contributed by atoms with Gasteiger partial charge in [-0.15, -0.1) is 0 Å². The second-order valence-corrected chi connectivity index (χ2v) is 5.10. The maximum atomic E-state index is 12.0. The Bertz CT molecular complexity index is 465. The van der Waals surface area contributed by atoms with E-state index in [0.717, 1.165) is 29.9 Å². The lowest BCUT2D eigenvalue weighted by Crippen LogP contribution is -2.15. The van der Waals surface area contributed by atoms with Gasteiger partial charge in [0.25, 0.3) is 0 Å². The minimum absolute atomic E-state index is 0.334. The number of benzene rings is 1. The summed E-state index contributed by atoms with van der Waals surface area (Å²) in [5.41, 5.74) is 1.60. The molecule has 2 rings (SSSR count). The lowest BCUT2D eigenvalue weighted by Gasteiger charge is -2.29. The normalized spacial score (nSPS) is 14.4. The zero-order valence-corrected chi connectivity index (χ0v) is 13.1. The lowest BCUT2D eigenvalue weighted by atomic mass is 9.79. The first-order chi connectivity index (χ1) is 10.2. The van der Waals surface area contributed by atoms with Gasteiger partial charge in [0, 0.05) is 5.56 Å². The van der Waals surface area contributed by atoms with E-state index in [4.69, 9.17) is 14.2 Å². The number of ether oxygens (including phenoxy) is 3. The highest BCUT2D eigenvalue weighted by Gasteiger charge is 2.28. The van der Waals surface area contributed by atoms with Crippen LogP contribution < -0.4 is 9.47 Å². The molecule has 116 valence electrons. The van der Waals surface area contributed by atoms with Gasteiger partial charge in [0.15, 0.2) is 0 Å². The number of rotatable bonds is 7. The van der Waals surface area contributed by atoms with Crippen molar-refractivity contribution >= 4 is 5.97 Å². The fourth-order valence-corrected chi connectivity index (χ4v) is 2.58. The molecule has 1 saturated carbocycles. The van der Waals surface area contributed by atoms with E-state index in [1.165, 1.54) is 6.42 Å². The zero-order valence-electron chi connectivity index (χ0n) is 13.1. The zero-order chi connectivity index (χ0) is 15.2. The van der Waals surface area contributed by atoms with Gasteiger partial charge < -0.3 is 14.2 Å². The second-order valence-electron chi connectivity index (χ2n) is 5.10. The Labute approximate surface area is 126 Å². The standard InChI is InChI=1S/C17H24O4/c1-4-19-14-10-13(17(18)21-6-3)11-15(20-5-2)16(14)12-8-7-9-12/h10-12H,4-9H2,1-3H3. The molecule has 1 aliphatic rings. The molecule has 1 fully saturated rings. The number of hydrogen-bond acceptors (Lipinski definition) is 4. The van der Waals surface area contributed by atoms with Crippen LogP contribution in [0.25, 0.3) is 0 Å². The van der Waals surface area contributed by atoms with Gasteiger partial charge in [-0.3, -0.25) is 0 Å². The molecular weight excluding hydrogens is 268 g/mol. The highest BCUT2D eigenvalue weighted by Crippen LogP contribution is 2.46. The first kappa shape index (κ1) is 15.7. The molecule has 4 nitrogen and oxygen atoms in total. The molecule has 0 spiro atoms. The van der Waals surface area contributed by atoms with Gasteiger partial charge in [-0.2, -0.15) is 0 Å². The molecule has 0 amide bonds. The van der Waals surface area contributed by atoms with Crippen molar-refractivity contribution in [1.82, 2.24) is 0 Å². The van der Waals surface area contributed by atoms with Crippen molar-refractivity contribution in [2.24, 2.45) is 0 Å². The van der Waals surface area contributed by atoms with Crippen molar-refractivity contribution in [3.63, 3.8) is 0 Å². The molecule has 0 N–H and O–H groups in total. The van der Waals surface area contributed by atoms with Crippen LogP contribution in [0.5, 0.6) is 11.5 Å². The average Bonchev–Trinajstić information content (AvgIpc) is 2.40. The molecular formula is C17H24O4. The van der Waals surface area contributed by atoms with Crippen molar-refractivity contribution in [1.29, 1.82) is 0 Å². The van der Waals surface area contributed by atoms with E-state index in [-0.39, 0.29) is 5.97 Å². The number of esters is 1. The van der Waals surface area contributed by atoms with Crippen molar-refractivity contribution in [3.05, 3.63) is 23.3 Å². The summed E-state index contributed by atoms with van der Waals surface area (Å²) in [5, 5.41) is 0. The summed E-state index contributed by atoms with van der Waals surface area (Å²) < 4.78 is 16.6. The van der Waals surface area contributed by atoms with Crippen LogP contribution in [0.4, 0.5) is 0 Å². The monoisotopic (exact) mass is 292 g/mol. The molecule has 1 aromatic rings. The smallest absolute Gasteiger partial charge is 0.338 e. The summed E-state index contributed by atoms with van der Waals surface area (Å²) in [6.45, 7) is 7.18. The van der Waals surface area contributed by atoms with Gasteiger partial charge in [0.2, 0.25) is 0 Å². The Balaban J connectivity index is 2.43. The number of carbonyl (C=O) groups is 1. The summed E-state index contributed by atoms with van der Waals surface area (Å²) in [6, 6.07) is 3.58. The summed E-state index contributed by atoms with van der Waals surface area (Å²) in [5.74, 6) is 1.66. The first-order valence-electron chi connectivity index (χ1n) is 7.81. The largest absolute Gasteiger partial charge is 0.493 e. The number of hydrogen-bond donors (Lipinski definition) is 0. The van der Waals surface area contributed by atoms with Crippen LogP contribution in [0, 0.1) is 0 Å². The van der Waals surface area contributed by atoms with Gasteiger partial charge in [-0.1, -0.05) is 6.42 Å². The van der Waals surface area contributed by atoms with Crippen LogP contribution in [-0.2, 0) is 4.74 Å². The number of carbonyl (C=O) groups excluding carboxylic acids is 1. The van der Waals surface area contributed by atoms with Crippen molar-refractivity contribution in [3.8, 4) is 11.5 Å². The summed E-state index contributed by atoms with van der Waals surface area (Å²) in [4.78, 5) is 12.0. The highest BCUT2D eigenvalue weighted by atomic mass is 16.5. The fourth-order valence-electron chi connectivity index (χ4n) is 2.58. The van der Waals surface area contributed by atoms with Gasteiger partial charge in [0.1, 0.15) is 11.5 Å². The molecule has 0 unspecified atom stereocenters. The Kier molecular flexibility index (Phi) is 5.48. The van der Waals surface area contributed by atoms with Crippen molar-refractivity contribution in [2.45, 2.75) is 46.0 Å². The van der Waals surface area contributed by atoms with Crippen molar-refractivity contribution < 1.29 is 19.0 Å². The second kappa shape index (κ2) is 7.34. The maximum absolute atomic E-state index is 12.0. The van der Waals surface area contributed by atoms with E-state index >= 15 is 0 Å². The van der Waals surface area contributed by atoms with Crippen molar-refractivity contribution in [2.75, 3.05) is 19.8 Å². The van der Waals surface area contributed by atoms with Gasteiger partial charge in [-0.05, 0) is 51.7 Å². The minimum Gasteiger partial charge on any atom is -0.493 e. The van der Waals surface area contributed by atoms with E-state index in [0.29, 0.717) is 31.3 Å². The van der Waals surface area contributed by atoms with E-state index in [2.05, 4.69) is 0 Å². The molecule has 4 heteroatoms. The Morgan fingerprint density at radius 1 is 1.05 bits per heavy atom. The van der Waals surface area contributed by atoms with Gasteiger partial charge >= 0.3 is 5.97 Å². The molecule has 0 saturated heterocycles. The Hall–Kier alpha value is -1.71. The van der Waals surface area contributed by atoms with Gasteiger partial charge in [-0.25, -0.2) is 4.79 Å². The SMILES string of the molecule is CCOC(=O)c1cc(OCC)c(C2CCC2)c(OCC)c1. The van der Waals surface area contributed by atoms with Crippen LogP contribution in [0.3, 0.4) is 0 Å². The maximum Gasteiger partial charge on any atom is 0.338 e. The molecule has 0 heterocycles. The Morgan fingerprint density at radius 3 is 2.00 bits per heavy atom. The molecule has 0 radical (unpaired) electrons. The Morgan fingerprint density at radius 2 is 1.62 bits per heavy atom. The summed E-state index contributed by atoms with van der Waals surface area (Å²) >= 11 is 0. The average molecular weight is 292 g/mol. The topological polar surface area (TPSA) is 44.8 Å². The van der Waals surface area contributed by atoms with E-state index in [1.807, 2.05) is 13.8 Å². The first-order valence-corrected chi connectivity index (χ1v) is 7.81. The quantitative estimate of drug-likeness (QED) is 0.714. The fraction of sp³-hybridized carbons (Fsp3) is 0.588. The van der Waals surface area contributed by atoms with Crippen LogP contribution in [0.2, 0.25) is 0 Å². The van der Waals surface area contributed by atoms with Crippen LogP contribution in [0.1, 0.15) is 61.9 Å². The summed E-state index contributed by atoms with van der Waals surface area (Å²) in [6.07, 6.45) is 3.54. The molecule has 0 aliphatic heterocycles. The molecule has 0 atom stereocenters. The summed E-state index contributed by atoms with van der Waals surface area (Å²) in [7, 11) is 0. The predicted molar refractivity (Wildman–Crippen MR) is 81.3 cm³/mol. The van der Waals surface area contributed by atoms with Gasteiger partial charge in [0.05, 0.1) is 25.4 Å². The van der Waals surface area contributed by atoms with Crippen LogP contribution in [0.15, 0.2) is 12.1 Å². The van der Waals surface area contributed by atoms with Crippen LogP contribution in [-0.4, -0.2) is 25.8 Å². The molecule has 0 aromatic heterocycles. The molecule has 1 aliphatic carbocycles. The third-order valence-corrected chi connectivity index (χ3v) is 3.73. The van der Waals surface area contributed by atoms with E-state index in [9.17, 15) is 4.79 Å². The highest BCUT2D eigenvalue weighted by molar-refractivity contribution is 5.91. The molecule has 0 bridgehead atoms. The van der Waals surface area contributed by atoms with E-state index in [1.54, 1.807) is 19.1 Å². The van der Waals surface area contributed by atoms with Crippen LogP contribution >= 0.6 is 0 Å². The third kappa shape index (κ3) is 3.49. The van der Waals surface area contributed by atoms with E-state index < -0.39 is 0 Å². The predicted octanol–water partition coefficient (Wildman–Crippen LogP) is 3.93. The lowest BCUT2D eigenvalue weighted by molar-refractivity contribution is 0.0525. The minimum atomic E-state index is -0.334.